The Balaban J connectivity index is 1.55. The molecular weight excluding hydrogens is 330 g/mol. The van der Waals surface area contributed by atoms with Crippen molar-refractivity contribution in [1.29, 1.82) is 0 Å². The summed E-state index contributed by atoms with van der Waals surface area (Å²) in [5, 5.41) is 11.2. The molecule has 8 nitrogen and oxygen atoms in total. The number of aromatic nitrogens is 5. The van der Waals surface area contributed by atoms with Gasteiger partial charge >= 0.3 is 0 Å². The number of amides is 1. The van der Waals surface area contributed by atoms with Gasteiger partial charge in [0.1, 0.15) is 0 Å². The Kier molecular flexibility index (Phi) is 4.40. The molecule has 2 fully saturated rings. The molecule has 1 N–H and O–H groups in total. The minimum Gasteiger partial charge on any atom is -0.346 e. The Morgan fingerprint density at radius 1 is 1.23 bits per heavy atom. The summed E-state index contributed by atoms with van der Waals surface area (Å²) in [6, 6.07) is 1.87. The first kappa shape index (κ1) is 16.7. The summed E-state index contributed by atoms with van der Waals surface area (Å²) in [5.74, 6) is 0.666. The molecule has 2 aliphatic rings. The van der Waals surface area contributed by atoms with E-state index >= 15 is 0 Å². The number of allylic oxidation sites excluding steroid dienone is 1. The zero-order chi connectivity index (χ0) is 18.1. The smallest absolute Gasteiger partial charge is 0.244 e. The van der Waals surface area contributed by atoms with E-state index in [2.05, 4.69) is 30.5 Å². The van der Waals surface area contributed by atoms with Crippen LogP contribution in [-0.4, -0.2) is 50.0 Å². The fraction of sp³-hybridized carbons (Fsp3) is 0.500. The van der Waals surface area contributed by atoms with Crippen molar-refractivity contribution in [3.8, 4) is 0 Å². The molecule has 2 atom stereocenters. The Morgan fingerprint density at radius 3 is 2.62 bits per heavy atom. The van der Waals surface area contributed by atoms with Crippen molar-refractivity contribution in [3.63, 3.8) is 0 Å². The zero-order valence-corrected chi connectivity index (χ0v) is 15.1. The maximum atomic E-state index is 12.4. The number of carbonyl (C=O) groups is 1. The Morgan fingerprint density at radius 2 is 2.00 bits per heavy atom. The van der Waals surface area contributed by atoms with E-state index in [1.165, 1.54) is 12.0 Å². The van der Waals surface area contributed by atoms with Crippen LogP contribution < -0.4 is 10.2 Å². The first-order valence-corrected chi connectivity index (χ1v) is 9.01. The topological polar surface area (TPSA) is 88.8 Å². The predicted molar refractivity (Wildman–Crippen MR) is 96.6 cm³/mol. The molecule has 1 saturated heterocycles. The number of rotatable bonds is 4. The quantitative estimate of drug-likeness (QED) is 0.835. The van der Waals surface area contributed by atoms with Crippen LogP contribution in [0, 0.1) is 13.8 Å². The molecule has 0 spiro atoms. The van der Waals surface area contributed by atoms with Crippen LogP contribution in [-0.2, 0) is 4.79 Å². The van der Waals surface area contributed by atoms with E-state index in [9.17, 15) is 4.79 Å². The summed E-state index contributed by atoms with van der Waals surface area (Å²) in [5.41, 5.74) is 3.10. The molecule has 136 valence electrons. The molecule has 4 rings (SSSR count). The first-order valence-electron chi connectivity index (χ1n) is 9.01. The molecule has 1 aliphatic carbocycles. The third-order valence-corrected chi connectivity index (χ3v) is 4.98. The summed E-state index contributed by atoms with van der Waals surface area (Å²) >= 11 is 0. The lowest BCUT2D eigenvalue weighted by Crippen LogP contribution is -2.41. The van der Waals surface area contributed by atoms with E-state index in [1.807, 2.05) is 30.8 Å². The highest BCUT2D eigenvalue weighted by Crippen LogP contribution is 2.27. The SMILES string of the molecule is Cc1cc(C)nc(N2C[C@@H](NC(=O)C=C3CCC3)[C@@H](n3ccnn3)C2)n1. The van der Waals surface area contributed by atoms with Gasteiger partial charge in [-0.05, 0) is 39.2 Å². The average molecular weight is 353 g/mol. The fourth-order valence-electron chi connectivity index (χ4n) is 3.54. The Labute approximate surface area is 152 Å². The Hall–Kier alpha value is -2.77. The van der Waals surface area contributed by atoms with E-state index in [0.717, 1.165) is 24.2 Å². The summed E-state index contributed by atoms with van der Waals surface area (Å²) < 4.78 is 1.81. The fourth-order valence-corrected chi connectivity index (χ4v) is 3.54. The molecule has 1 saturated carbocycles. The Bertz CT molecular complexity index is 804. The minimum atomic E-state index is -0.0782. The van der Waals surface area contributed by atoms with Gasteiger partial charge in [-0.2, -0.15) is 0 Å². The molecule has 2 aromatic heterocycles. The van der Waals surface area contributed by atoms with Gasteiger partial charge in [-0.1, -0.05) is 10.8 Å². The molecule has 1 aliphatic heterocycles. The highest BCUT2D eigenvalue weighted by Gasteiger charge is 2.37. The second-order valence-electron chi connectivity index (χ2n) is 7.08. The maximum Gasteiger partial charge on any atom is 0.244 e. The van der Waals surface area contributed by atoms with Gasteiger partial charge in [-0.25, -0.2) is 14.6 Å². The van der Waals surface area contributed by atoms with Crippen molar-refractivity contribution in [2.75, 3.05) is 18.0 Å². The summed E-state index contributed by atoms with van der Waals surface area (Å²) in [6.45, 7) is 5.25. The van der Waals surface area contributed by atoms with Crippen LogP contribution >= 0.6 is 0 Å². The number of anilines is 1. The van der Waals surface area contributed by atoms with Gasteiger partial charge in [0.25, 0.3) is 0 Å². The lowest BCUT2D eigenvalue weighted by atomic mass is 9.92. The molecule has 1 amide bonds. The number of hydrogen-bond donors (Lipinski definition) is 1. The van der Waals surface area contributed by atoms with Crippen molar-refractivity contribution in [3.05, 3.63) is 41.5 Å². The van der Waals surface area contributed by atoms with E-state index in [4.69, 9.17) is 0 Å². The number of nitrogens with zero attached hydrogens (tertiary/aromatic N) is 6. The minimum absolute atomic E-state index is 0.00865. The third-order valence-electron chi connectivity index (χ3n) is 4.98. The molecule has 0 aromatic carbocycles. The van der Waals surface area contributed by atoms with Gasteiger partial charge in [0.2, 0.25) is 11.9 Å². The number of hydrogen-bond acceptors (Lipinski definition) is 6. The first-order chi connectivity index (χ1) is 12.6. The van der Waals surface area contributed by atoms with E-state index in [0.29, 0.717) is 19.0 Å². The molecule has 0 radical (unpaired) electrons. The van der Waals surface area contributed by atoms with Crippen LogP contribution in [0.25, 0.3) is 0 Å². The number of nitrogens with one attached hydrogen (secondary N) is 1. The molecule has 3 heterocycles. The van der Waals surface area contributed by atoms with Crippen molar-refractivity contribution >= 4 is 11.9 Å². The van der Waals surface area contributed by atoms with Gasteiger partial charge in [0, 0.05) is 36.8 Å². The molecule has 2 aromatic rings. The average Bonchev–Trinajstić information content (AvgIpc) is 3.19. The highest BCUT2D eigenvalue weighted by atomic mass is 16.1. The lowest BCUT2D eigenvalue weighted by molar-refractivity contribution is -0.117. The van der Waals surface area contributed by atoms with Gasteiger partial charge in [-0.15, -0.1) is 5.10 Å². The van der Waals surface area contributed by atoms with Crippen molar-refractivity contribution in [2.24, 2.45) is 0 Å². The predicted octanol–water partition coefficient (Wildman–Crippen LogP) is 1.34. The van der Waals surface area contributed by atoms with Crippen molar-refractivity contribution < 1.29 is 4.79 Å². The molecule has 0 unspecified atom stereocenters. The van der Waals surface area contributed by atoms with E-state index in [-0.39, 0.29) is 18.0 Å². The number of carbonyl (C=O) groups excluding carboxylic acids is 1. The second-order valence-corrected chi connectivity index (χ2v) is 7.08. The third kappa shape index (κ3) is 3.44. The van der Waals surface area contributed by atoms with Gasteiger partial charge < -0.3 is 10.2 Å². The van der Waals surface area contributed by atoms with Crippen LogP contribution in [0.4, 0.5) is 5.95 Å². The van der Waals surface area contributed by atoms with Crippen molar-refractivity contribution in [2.45, 2.75) is 45.2 Å². The largest absolute Gasteiger partial charge is 0.346 e. The number of aryl methyl sites for hydroxylation is 2. The monoisotopic (exact) mass is 353 g/mol. The van der Waals surface area contributed by atoms with E-state index in [1.54, 1.807) is 12.3 Å². The summed E-state index contributed by atoms with van der Waals surface area (Å²) in [6.07, 6.45) is 8.49. The van der Waals surface area contributed by atoms with Crippen LogP contribution in [0.15, 0.2) is 30.1 Å². The molecule has 26 heavy (non-hydrogen) atoms. The molecule has 0 bridgehead atoms. The van der Waals surface area contributed by atoms with Gasteiger partial charge in [0.05, 0.1) is 18.3 Å². The maximum absolute atomic E-state index is 12.4. The van der Waals surface area contributed by atoms with Gasteiger partial charge in [-0.3, -0.25) is 4.79 Å². The molecular formula is C18H23N7O. The lowest BCUT2D eigenvalue weighted by Gasteiger charge is -2.20. The van der Waals surface area contributed by atoms with Gasteiger partial charge in [0.15, 0.2) is 0 Å². The zero-order valence-electron chi connectivity index (χ0n) is 15.1. The van der Waals surface area contributed by atoms with Crippen LogP contribution in [0.2, 0.25) is 0 Å². The van der Waals surface area contributed by atoms with Crippen LogP contribution in [0.3, 0.4) is 0 Å². The highest BCUT2D eigenvalue weighted by molar-refractivity contribution is 5.88. The summed E-state index contributed by atoms with van der Waals surface area (Å²) in [7, 11) is 0. The normalized spacial score (nSPS) is 22.2. The molecule has 8 heteroatoms. The summed E-state index contributed by atoms with van der Waals surface area (Å²) in [4.78, 5) is 23.6. The standard InChI is InChI=1S/C18H23N7O/c1-12-8-13(2)21-18(20-12)24-10-15(16(11-24)25-7-6-19-23-25)22-17(26)9-14-4-3-5-14/h6-9,15-16H,3-5,10-11H2,1-2H3,(H,22,26)/t15-,16+/m1/s1. The second kappa shape index (κ2) is 6.86. The van der Waals surface area contributed by atoms with E-state index < -0.39 is 0 Å². The van der Waals surface area contributed by atoms with Crippen LogP contribution in [0.5, 0.6) is 0 Å². The van der Waals surface area contributed by atoms with Crippen LogP contribution in [0.1, 0.15) is 36.7 Å². The van der Waals surface area contributed by atoms with Crippen molar-refractivity contribution in [1.82, 2.24) is 30.3 Å².